The van der Waals surface area contributed by atoms with Crippen LogP contribution >= 0.6 is 11.6 Å². The van der Waals surface area contributed by atoms with Gasteiger partial charge in [-0.15, -0.1) is 0 Å². The van der Waals surface area contributed by atoms with Gasteiger partial charge in [-0.05, 0) is 29.8 Å². The van der Waals surface area contributed by atoms with Gasteiger partial charge in [-0.3, -0.25) is 4.79 Å². The van der Waals surface area contributed by atoms with E-state index < -0.39 is 5.82 Å². The Morgan fingerprint density at radius 1 is 1.00 bits per heavy atom. The van der Waals surface area contributed by atoms with Gasteiger partial charge in [0.1, 0.15) is 11.5 Å². The first kappa shape index (κ1) is 17.8. The van der Waals surface area contributed by atoms with E-state index in [2.05, 4.69) is 0 Å². The third kappa shape index (κ3) is 3.86. The zero-order chi connectivity index (χ0) is 17.7. The van der Waals surface area contributed by atoms with Crippen LogP contribution < -0.4 is 14.2 Å². The molecule has 0 heterocycles. The largest absolute Gasteiger partial charge is 0.496 e. The van der Waals surface area contributed by atoms with Crippen LogP contribution in [0.5, 0.6) is 17.2 Å². The first-order valence-corrected chi connectivity index (χ1v) is 7.35. The molecule has 6 heteroatoms. The molecule has 0 saturated heterocycles. The first-order chi connectivity index (χ1) is 11.5. The smallest absolute Gasteiger partial charge is 0.189 e. The minimum atomic E-state index is -0.503. The fourth-order valence-electron chi connectivity index (χ4n) is 2.10. The Bertz CT molecular complexity index is 787. The lowest BCUT2D eigenvalue weighted by atomic mass is 10.1. The van der Waals surface area contributed by atoms with Gasteiger partial charge < -0.3 is 14.2 Å². The maximum absolute atomic E-state index is 13.7. The number of hydrogen-bond acceptors (Lipinski definition) is 4. The lowest BCUT2D eigenvalue weighted by molar-refractivity contribution is 0.104. The maximum atomic E-state index is 13.7. The standard InChI is InChI=1S/C18H16ClFO4/c1-22-16-7-5-11(8-14(16)20)4-6-15(21)12-9-13(19)18(24-3)10-17(12)23-2/h4-10H,1-3H3/b6-4+. The van der Waals surface area contributed by atoms with E-state index >= 15 is 0 Å². The Kier molecular flexibility index (Phi) is 5.82. The van der Waals surface area contributed by atoms with Crippen molar-refractivity contribution in [3.05, 3.63) is 58.4 Å². The quantitative estimate of drug-likeness (QED) is 0.572. The van der Waals surface area contributed by atoms with Crippen molar-refractivity contribution in [3.63, 3.8) is 0 Å². The number of benzene rings is 2. The second kappa shape index (κ2) is 7.84. The van der Waals surface area contributed by atoms with Crippen LogP contribution in [0.1, 0.15) is 15.9 Å². The molecule has 0 aliphatic heterocycles. The minimum absolute atomic E-state index is 0.141. The van der Waals surface area contributed by atoms with Crippen molar-refractivity contribution in [2.45, 2.75) is 0 Å². The molecule has 0 aliphatic rings. The van der Waals surface area contributed by atoms with Crippen molar-refractivity contribution in [2.75, 3.05) is 21.3 Å². The van der Waals surface area contributed by atoms with Gasteiger partial charge >= 0.3 is 0 Å². The van der Waals surface area contributed by atoms with Crippen LogP contribution in [-0.4, -0.2) is 27.1 Å². The summed E-state index contributed by atoms with van der Waals surface area (Å²) in [6.45, 7) is 0. The normalized spacial score (nSPS) is 10.7. The van der Waals surface area contributed by atoms with E-state index in [0.717, 1.165) is 0 Å². The van der Waals surface area contributed by atoms with Crippen molar-refractivity contribution in [3.8, 4) is 17.2 Å². The second-order valence-electron chi connectivity index (χ2n) is 4.78. The molecule has 2 aromatic carbocycles. The summed E-state index contributed by atoms with van der Waals surface area (Å²) in [4.78, 5) is 12.4. The predicted octanol–water partition coefficient (Wildman–Crippen LogP) is 4.40. The number of carbonyl (C=O) groups is 1. The summed E-state index contributed by atoms with van der Waals surface area (Å²) >= 11 is 6.05. The molecule has 0 bridgehead atoms. The monoisotopic (exact) mass is 350 g/mol. The van der Waals surface area contributed by atoms with Crippen molar-refractivity contribution < 1.29 is 23.4 Å². The van der Waals surface area contributed by atoms with Gasteiger partial charge in [-0.2, -0.15) is 0 Å². The van der Waals surface area contributed by atoms with Gasteiger partial charge in [0, 0.05) is 6.07 Å². The molecule has 0 amide bonds. The van der Waals surface area contributed by atoms with E-state index in [1.165, 1.54) is 57.7 Å². The summed E-state index contributed by atoms with van der Waals surface area (Å²) in [7, 11) is 4.31. The summed E-state index contributed by atoms with van der Waals surface area (Å²) in [5, 5.41) is 0.297. The number of ketones is 1. The van der Waals surface area contributed by atoms with Gasteiger partial charge in [0.25, 0.3) is 0 Å². The summed E-state index contributed by atoms with van der Waals surface area (Å²) < 4.78 is 28.8. The summed E-state index contributed by atoms with van der Waals surface area (Å²) in [5.41, 5.74) is 0.814. The summed E-state index contributed by atoms with van der Waals surface area (Å²) in [6.07, 6.45) is 2.82. The third-order valence-electron chi connectivity index (χ3n) is 3.34. The Balaban J connectivity index is 2.29. The molecule has 126 valence electrons. The molecule has 0 atom stereocenters. The molecule has 0 N–H and O–H groups in total. The van der Waals surface area contributed by atoms with E-state index in [1.807, 2.05) is 0 Å². The first-order valence-electron chi connectivity index (χ1n) is 6.97. The molecular weight excluding hydrogens is 335 g/mol. The molecule has 0 aromatic heterocycles. The van der Waals surface area contributed by atoms with Crippen molar-refractivity contribution in [2.24, 2.45) is 0 Å². The lowest BCUT2D eigenvalue weighted by Gasteiger charge is -2.10. The zero-order valence-electron chi connectivity index (χ0n) is 13.4. The van der Waals surface area contributed by atoms with Crippen LogP contribution in [0.2, 0.25) is 5.02 Å². The highest BCUT2D eigenvalue weighted by molar-refractivity contribution is 6.32. The van der Waals surface area contributed by atoms with Gasteiger partial charge in [-0.1, -0.05) is 23.7 Å². The van der Waals surface area contributed by atoms with E-state index in [0.29, 0.717) is 22.1 Å². The van der Waals surface area contributed by atoms with E-state index in [1.54, 1.807) is 6.07 Å². The average Bonchev–Trinajstić information content (AvgIpc) is 2.59. The van der Waals surface area contributed by atoms with Gasteiger partial charge in [0.15, 0.2) is 17.3 Å². The highest BCUT2D eigenvalue weighted by Gasteiger charge is 2.14. The summed E-state index contributed by atoms with van der Waals surface area (Å²) in [5.74, 6) is 0.0602. The molecule has 4 nitrogen and oxygen atoms in total. The van der Waals surface area contributed by atoms with Crippen LogP contribution in [-0.2, 0) is 0 Å². The molecule has 2 rings (SSSR count). The van der Waals surface area contributed by atoms with Gasteiger partial charge in [-0.25, -0.2) is 4.39 Å². The van der Waals surface area contributed by atoms with Gasteiger partial charge in [0.05, 0.1) is 31.9 Å². The molecular formula is C18H16ClFO4. The molecule has 0 saturated carbocycles. The fraction of sp³-hybridized carbons (Fsp3) is 0.167. The maximum Gasteiger partial charge on any atom is 0.189 e. The molecule has 0 aliphatic carbocycles. The average molecular weight is 351 g/mol. The number of methoxy groups -OCH3 is 3. The molecule has 0 radical (unpaired) electrons. The number of carbonyl (C=O) groups excluding carboxylic acids is 1. The number of halogens is 2. The van der Waals surface area contributed by atoms with E-state index in [4.69, 9.17) is 25.8 Å². The minimum Gasteiger partial charge on any atom is -0.496 e. The Morgan fingerprint density at radius 2 is 1.67 bits per heavy atom. The SMILES string of the molecule is COc1ccc(/C=C/C(=O)c2cc(Cl)c(OC)cc2OC)cc1F. The van der Waals surface area contributed by atoms with Crippen LogP contribution in [0.4, 0.5) is 4.39 Å². The Hall–Kier alpha value is -2.53. The number of ether oxygens (including phenoxy) is 3. The van der Waals surface area contributed by atoms with E-state index in [9.17, 15) is 9.18 Å². The van der Waals surface area contributed by atoms with Crippen LogP contribution in [0.25, 0.3) is 6.08 Å². The van der Waals surface area contributed by atoms with Crippen LogP contribution in [0.15, 0.2) is 36.4 Å². The topological polar surface area (TPSA) is 44.8 Å². The lowest BCUT2D eigenvalue weighted by Crippen LogP contribution is -2.00. The number of allylic oxidation sites excluding steroid dienone is 1. The molecule has 24 heavy (non-hydrogen) atoms. The third-order valence-corrected chi connectivity index (χ3v) is 3.64. The predicted molar refractivity (Wildman–Crippen MR) is 90.9 cm³/mol. The molecule has 0 unspecified atom stereocenters. The molecule has 0 spiro atoms. The van der Waals surface area contributed by atoms with Gasteiger partial charge in [0.2, 0.25) is 0 Å². The zero-order valence-corrected chi connectivity index (χ0v) is 14.2. The highest BCUT2D eigenvalue weighted by Crippen LogP contribution is 2.33. The fourth-order valence-corrected chi connectivity index (χ4v) is 2.34. The van der Waals surface area contributed by atoms with Crippen molar-refractivity contribution in [1.29, 1.82) is 0 Å². The second-order valence-corrected chi connectivity index (χ2v) is 5.19. The van der Waals surface area contributed by atoms with Crippen molar-refractivity contribution >= 4 is 23.5 Å². The summed E-state index contributed by atoms with van der Waals surface area (Å²) in [6, 6.07) is 7.42. The number of rotatable bonds is 6. The highest BCUT2D eigenvalue weighted by atomic mass is 35.5. The van der Waals surface area contributed by atoms with Crippen LogP contribution in [0, 0.1) is 5.82 Å². The molecule has 2 aromatic rings. The number of hydrogen-bond donors (Lipinski definition) is 0. The molecule has 0 fully saturated rings. The van der Waals surface area contributed by atoms with Crippen molar-refractivity contribution in [1.82, 2.24) is 0 Å². The van der Waals surface area contributed by atoms with Crippen LogP contribution in [0.3, 0.4) is 0 Å². The van der Waals surface area contributed by atoms with E-state index in [-0.39, 0.29) is 17.1 Å². The Morgan fingerprint density at radius 3 is 2.25 bits per heavy atom. The Labute approximate surface area is 144 Å².